The molecular formula is C11H14O2. The van der Waals surface area contributed by atoms with E-state index >= 15 is 0 Å². The third kappa shape index (κ3) is 1.53. The highest BCUT2D eigenvalue weighted by Gasteiger charge is 2.26. The molecule has 1 aliphatic rings. The molecular weight excluding hydrogens is 164 g/mol. The minimum absolute atomic E-state index is 0.208. The van der Waals surface area contributed by atoms with Gasteiger partial charge in [-0.3, -0.25) is 4.79 Å². The number of hydrogen-bond donors (Lipinski definition) is 0. The van der Waals surface area contributed by atoms with Crippen molar-refractivity contribution in [2.24, 2.45) is 5.92 Å². The van der Waals surface area contributed by atoms with E-state index in [1.807, 2.05) is 13.0 Å². The molecule has 0 aromatic carbocycles. The lowest BCUT2D eigenvalue weighted by atomic mass is 9.99. The van der Waals surface area contributed by atoms with Gasteiger partial charge in [-0.15, -0.1) is 0 Å². The summed E-state index contributed by atoms with van der Waals surface area (Å²) in [6.07, 6.45) is 6.06. The molecule has 0 saturated heterocycles. The van der Waals surface area contributed by atoms with Crippen molar-refractivity contribution in [3.8, 4) is 0 Å². The Labute approximate surface area is 77.9 Å². The van der Waals surface area contributed by atoms with Gasteiger partial charge in [0.15, 0.2) is 5.76 Å². The summed E-state index contributed by atoms with van der Waals surface area (Å²) in [4.78, 5) is 11.8. The highest BCUT2D eigenvalue weighted by Crippen LogP contribution is 2.29. The molecule has 0 N–H and O–H groups in total. The minimum atomic E-state index is 0.208. The van der Waals surface area contributed by atoms with Crippen LogP contribution in [0.25, 0.3) is 0 Å². The molecule has 70 valence electrons. The molecule has 0 amide bonds. The Bertz CT molecular complexity index is 306. The average molecular weight is 178 g/mol. The van der Waals surface area contributed by atoms with Crippen LogP contribution < -0.4 is 0 Å². The van der Waals surface area contributed by atoms with Crippen molar-refractivity contribution in [1.29, 1.82) is 0 Å². The molecule has 0 aliphatic heterocycles. The van der Waals surface area contributed by atoms with Crippen molar-refractivity contribution >= 4 is 5.78 Å². The second-order valence-electron chi connectivity index (χ2n) is 3.78. The molecule has 13 heavy (non-hydrogen) atoms. The molecule has 1 aromatic rings. The average Bonchev–Trinajstić information content (AvgIpc) is 2.72. The van der Waals surface area contributed by atoms with E-state index < -0.39 is 0 Å². The van der Waals surface area contributed by atoms with Gasteiger partial charge in [0.1, 0.15) is 0 Å². The molecule has 1 saturated carbocycles. The molecule has 2 heteroatoms. The summed E-state index contributed by atoms with van der Waals surface area (Å²) >= 11 is 0. The first kappa shape index (κ1) is 8.54. The SMILES string of the molecule is Cc1ccoc1C(=O)C1CCCC1. The number of aryl methyl sites for hydroxylation is 1. The van der Waals surface area contributed by atoms with Gasteiger partial charge in [-0.25, -0.2) is 0 Å². The van der Waals surface area contributed by atoms with E-state index in [0.717, 1.165) is 18.4 Å². The van der Waals surface area contributed by atoms with Crippen LogP contribution >= 0.6 is 0 Å². The summed E-state index contributed by atoms with van der Waals surface area (Å²) in [6, 6.07) is 1.85. The Hall–Kier alpha value is -1.05. The zero-order valence-electron chi connectivity index (χ0n) is 7.88. The molecule has 1 aromatic heterocycles. The molecule has 1 aliphatic carbocycles. The van der Waals surface area contributed by atoms with Gasteiger partial charge < -0.3 is 4.42 Å². The fraction of sp³-hybridized carbons (Fsp3) is 0.545. The first-order valence-electron chi connectivity index (χ1n) is 4.87. The van der Waals surface area contributed by atoms with E-state index in [9.17, 15) is 4.79 Å². The second kappa shape index (κ2) is 3.36. The number of ketones is 1. The summed E-state index contributed by atoms with van der Waals surface area (Å²) in [5.74, 6) is 1.01. The first-order chi connectivity index (χ1) is 6.29. The Kier molecular flexibility index (Phi) is 2.21. The highest BCUT2D eigenvalue weighted by molar-refractivity contribution is 5.96. The largest absolute Gasteiger partial charge is 0.461 e. The number of carbonyl (C=O) groups excluding carboxylic acids is 1. The van der Waals surface area contributed by atoms with E-state index in [0.29, 0.717) is 5.76 Å². The summed E-state index contributed by atoms with van der Waals surface area (Å²) in [5.41, 5.74) is 0.969. The van der Waals surface area contributed by atoms with Crippen LogP contribution in [0.5, 0.6) is 0 Å². The predicted octanol–water partition coefficient (Wildman–Crippen LogP) is 2.96. The van der Waals surface area contributed by atoms with Crippen molar-refractivity contribution in [2.75, 3.05) is 0 Å². The van der Waals surface area contributed by atoms with E-state index in [2.05, 4.69) is 0 Å². The molecule has 1 fully saturated rings. The first-order valence-corrected chi connectivity index (χ1v) is 4.87. The maximum Gasteiger partial charge on any atom is 0.201 e. The number of furan rings is 1. The topological polar surface area (TPSA) is 30.2 Å². The Morgan fingerprint density at radius 3 is 2.69 bits per heavy atom. The fourth-order valence-corrected chi connectivity index (χ4v) is 2.00. The second-order valence-corrected chi connectivity index (χ2v) is 3.78. The van der Waals surface area contributed by atoms with Crippen LogP contribution in [0.1, 0.15) is 41.8 Å². The standard InChI is InChI=1S/C11H14O2/c1-8-6-7-13-11(8)10(12)9-4-2-3-5-9/h6-7,9H,2-5H2,1H3. The lowest BCUT2D eigenvalue weighted by Crippen LogP contribution is -2.10. The van der Waals surface area contributed by atoms with Gasteiger partial charge in [-0.05, 0) is 31.4 Å². The van der Waals surface area contributed by atoms with Gasteiger partial charge in [0.05, 0.1) is 6.26 Å². The van der Waals surface area contributed by atoms with Crippen LogP contribution in [0.3, 0.4) is 0 Å². The molecule has 0 radical (unpaired) electrons. The molecule has 0 unspecified atom stereocenters. The van der Waals surface area contributed by atoms with E-state index in [4.69, 9.17) is 4.42 Å². The lowest BCUT2D eigenvalue weighted by Gasteiger charge is -2.05. The predicted molar refractivity (Wildman–Crippen MR) is 49.7 cm³/mol. The molecule has 0 spiro atoms. The van der Waals surface area contributed by atoms with Crippen molar-refractivity contribution in [1.82, 2.24) is 0 Å². The fourth-order valence-electron chi connectivity index (χ4n) is 2.00. The van der Waals surface area contributed by atoms with Crippen LogP contribution in [0, 0.1) is 12.8 Å². The smallest absolute Gasteiger partial charge is 0.201 e. The van der Waals surface area contributed by atoms with E-state index in [1.165, 1.54) is 12.8 Å². The van der Waals surface area contributed by atoms with Crippen LogP contribution in [0.15, 0.2) is 16.7 Å². The van der Waals surface area contributed by atoms with Gasteiger partial charge in [-0.1, -0.05) is 12.8 Å². The number of Topliss-reactive ketones (excluding diaryl/α,β-unsaturated/α-hetero) is 1. The molecule has 2 rings (SSSR count). The van der Waals surface area contributed by atoms with Crippen LogP contribution in [-0.4, -0.2) is 5.78 Å². The van der Waals surface area contributed by atoms with E-state index in [1.54, 1.807) is 6.26 Å². The third-order valence-corrected chi connectivity index (χ3v) is 2.81. The third-order valence-electron chi connectivity index (χ3n) is 2.81. The van der Waals surface area contributed by atoms with Gasteiger partial charge >= 0.3 is 0 Å². The van der Waals surface area contributed by atoms with Crippen molar-refractivity contribution < 1.29 is 9.21 Å². The van der Waals surface area contributed by atoms with Crippen molar-refractivity contribution in [3.63, 3.8) is 0 Å². The quantitative estimate of drug-likeness (QED) is 0.652. The summed E-state index contributed by atoms with van der Waals surface area (Å²) in [6.45, 7) is 1.92. The maximum absolute atomic E-state index is 11.8. The normalized spacial score (nSPS) is 17.9. The summed E-state index contributed by atoms with van der Waals surface area (Å²) in [7, 11) is 0. The van der Waals surface area contributed by atoms with Gasteiger partial charge in [0.2, 0.25) is 5.78 Å². The minimum Gasteiger partial charge on any atom is -0.461 e. The lowest BCUT2D eigenvalue weighted by molar-refractivity contribution is 0.0893. The Morgan fingerprint density at radius 2 is 2.15 bits per heavy atom. The van der Waals surface area contributed by atoms with Gasteiger partial charge in [-0.2, -0.15) is 0 Å². The summed E-state index contributed by atoms with van der Waals surface area (Å²) < 4.78 is 5.19. The van der Waals surface area contributed by atoms with Gasteiger partial charge in [0, 0.05) is 5.92 Å². The van der Waals surface area contributed by atoms with Crippen LogP contribution in [0.2, 0.25) is 0 Å². The zero-order chi connectivity index (χ0) is 9.26. The molecule has 2 nitrogen and oxygen atoms in total. The number of hydrogen-bond acceptors (Lipinski definition) is 2. The van der Waals surface area contributed by atoms with Gasteiger partial charge in [0.25, 0.3) is 0 Å². The van der Waals surface area contributed by atoms with Crippen LogP contribution in [0.4, 0.5) is 0 Å². The molecule has 0 atom stereocenters. The van der Waals surface area contributed by atoms with Crippen LogP contribution in [-0.2, 0) is 0 Å². The van der Waals surface area contributed by atoms with E-state index in [-0.39, 0.29) is 11.7 Å². The maximum atomic E-state index is 11.8. The Morgan fingerprint density at radius 1 is 1.46 bits per heavy atom. The number of carbonyl (C=O) groups is 1. The summed E-state index contributed by atoms with van der Waals surface area (Å²) in [5, 5.41) is 0. The highest BCUT2D eigenvalue weighted by atomic mass is 16.3. The van der Waals surface area contributed by atoms with Crippen molar-refractivity contribution in [2.45, 2.75) is 32.6 Å². The molecule has 1 heterocycles. The Balaban J connectivity index is 2.17. The monoisotopic (exact) mass is 178 g/mol. The van der Waals surface area contributed by atoms with Crippen molar-refractivity contribution in [3.05, 3.63) is 23.7 Å². The molecule has 0 bridgehead atoms. The zero-order valence-corrected chi connectivity index (χ0v) is 7.88. The number of rotatable bonds is 2.